The molecule has 0 saturated carbocycles. The number of thioether (sulfide) groups is 1. The van der Waals surface area contributed by atoms with E-state index in [9.17, 15) is 9.59 Å². The van der Waals surface area contributed by atoms with Crippen LogP contribution >= 0.6 is 11.8 Å². The van der Waals surface area contributed by atoms with Crippen molar-refractivity contribution in [2.24, 2.45) is 7.05 Å². The first-order valence-corrected chi connectivity index (χ1v) is 9.09. The van der Waals surface area contributed by atoms with Gasteiger partial charge < -0.3 is 5.32 Å². The third-order valence-electron chi connectivity index (χ3n) is 4.11. The molecule has 1 aromatic carbocycles. The number of pyridine rings is 1. The number of hydrogen-bond acceptors (Lipinski definition) is 4. The van der Waals surface area contributed by atoms with E-state index in [2.05, 4.69) is 10.3 Å². The largest absolute Gasteiger partial charge is 0.319 e. The van der Waals surface area contributed by atoms with E-state index in [1.165, 1.54) is 11.8 Å². The number of nitrogens with one attached hydrogen (secondary N) is 1. The Morgan fingerprint density at radius 1 is 1.15 bits per heavy atom. The second-order valence-electron chi connectivity index (χ2n) is 5.85. The maximum absolute atomic E-state index is 12.8. The summed E-state index contributed by atoms with van der Waals surface area (Å²) < 4.78 is 3.28. The first kappa shape index (κ1) is 18.0. The van der Waals surface area contributed by atoms with E-state index in [0.29, 0.717) is 11.4 Å². The molecule has 0 aliphatic heterocycles. The molecule has 2 heterocycles. The van der Waals surface area contributed by atoms with Crippen LogP contribution in [0.5, 0.6) is 0 Å². The minimum absolute atomic E-state index is 0.230. The van der Waals surface area contributed by atoms with E-state index in [1.54, 1.807) is 29.5 Å². The molecule has 134 valence electrons. The molecule has 0 aliphatic carbocycles. The van der Waals surface area contributed by atoms with Crippen molar-refractivity contribution in [3.05, 3.63) is 70.8 Å². The Morgan fingerprint density at radius 2 is 1.85 bits per heavy atom. The maximum Gasteiger partial charge on any atom is 0.295 e. The SMILES string of the molecule is Cc1c(NC(=O)[C@@H](C)Sc2ccccn2)c(=O)n(-c2ccccc2)n1C. The summed E-state index contributed by atoms with van der Waals surface area (Å²) >= 11 is 1.35. The number of amides is 1. The average molecular weight is 368 g/mol. The first-order chi connectivity index (χ1) is 12.5. The molecule has 6 nitrogen and oxygen atoms in total. The second-order valence-corrected chi connectivity index (χ2v) is 7.21. The lowest BCUT2D eigenvalue weighted by atomic mass is 10.3. The predicted octanol–water partition coefficient (Wildman–Crippen LogP) is 3.00. The Morgan fingerprint density at radius 3 is 2.50 bits per heavy atom. The molecule has 1 N–H and O–H groups in total. The zero-order chi connectivity index (χ0) is 18.7. The molecule has 0 fully saturated rings. The summed E-state index contributed by atoms with van der Waals surface area (Å²) in [6, 6.07) is 14.9. The van der Waals surface area contributed by atoms with Crippen LogP contribution in [0.15, 0.2) is 64.5 Å². The quantitative estimate of drug-likeness (QED) is 0.703. The molecule has 1 atom stereocenters. The van der Waals surface area contributed by atoms with Crippen LogP contribution in [0, 0.1) is 6.92 Å². The summed E-state index contributed by atoms with van der Waals surface area (Å²) in [6.07, 6.45) is 1.69. The topological polar surface area (TPSA) is 68.9 Å². The number of carbonyl (C=O) groups is 1. The molecule has 0 unspecified atom stereocenters. The zero-order valence-electron chi connectivity index (χ0n) is 14.8. The van der Waals surface area contributed by atoms with Crippen LogP contribution in [0.2, 0.25) is 0 Å². The van der Waals surface area contributed by atoms with Crippen LogP contribution in [0.3, 0.4) is 0 Å². The lowest BCUT2D eigenvalue weighted by Crippen LogP contribution is -2.27. The van der Waals surface area contributed by atoms with Crippen molar-refractivity contribution in [2.45, 2.75) is 24.1 Å². The summed E-state index contributed by atoms with van der Waals surface area (Å²) in [7, 11) is 1.80. The van der Waals surface area contributed by atoms with Crippen molar-refractivity contribution in [3.8, 4) is 5.69 Å². The highest BCUT2D eigenvalue weighted by Gasteiger charge is 2.21. The van der Waals surface area contributed by atoms with E-state index in [-0.39, 0.29) is 16.7 Å². The normalized spacial score (nSPS) is 12.0. The first-order valence-electron chi connectivity index (χ1n) is 8.21. The fraction of sp³-hybridized carbons (Fsp3) is 0.211. The fourth-order valence-corrected chi connectivity index (χ4v) is 3.40. The van der Waals surface area contributed by atoms with Crippen LogP contribution in [0.1, 0.15) is 12.6 Å². The van der Waals surface area contributed by atoms with Crippen molar-refractivity contribution in [2.75, 3.05) is 5.32 Å². The second kappa shape index (κ2) is 7.61. The van der Waals surface area contributed by atoms with E-state index in [0.717, 1.165) is 10.7 Å². The number of carbonyl (C=O) groups excluding carboxylic acids is 1. The van der Waals surface area contributed by atoms with Gasteiger partial charge >= 0.3 is 0 Å². The molecule has 1 amide bonds. The van der Waals surface area contributed by atoms with Gasteiger partial charge in [-0.3, -0.25) is 14.3 Å². The predicted molar refractivity (Wildman–Crippen MR) is 104 cm³/mol. The highest BCUT2D eigenvalue weighted by atomic mass is 32.2. The third-order valence-corrected chi connectivity index (χ3v) is 5.16. The molecule has 3 aromatic rings. The van der Waals surface area contributed by atoms with E-state index in [1.807, 2.05) is 55.5 Å². The Bertz CT molecular complexity index is 964. The summed E-state index contributed by atoms with van der Waals surface area (Å²) in [6.45, 7) is 3.61. The van der Waals surface area contributed by atoms with Crippen LogP contribution < -0.4 is 10.9 Å². The number of aromatic nitrogens is 3. The van der Waals surface area contributed by atoms with Crippen molar-refractivity contribution < 1.29 is 4.79 Å². The van der Waals surface area contributed by atoms with Crippen molar-refractivity contribution in [1.82, 2.24) is 14.3 Å². The van der Waals surface area contributed by atoms with E-state index in [4.69, 9.17) is 0 Å². The Balaban J connectivity index is 1.84. The number of rotatable bonds is 5. The molecule has 0 aliphatic rings. The summed E-state index contributed by atoms with van der Waals surface area (Å²) in [5, 5.41) is 3.17. The fourth-order valence-electron chi connectivity index (χ4n) is 2.59. The average Bonchev–Trinajstić information content (AvgIpc) is 2.86. The van der Waals surface area contributed by atoms with Gasteiger partial charge in [-0.2, -0.15) is 0 Å². The van der Waals surface area contributed by atoms with Gasteiger partial charge in [0, 0.05) is 13.2 Å². The van der Waals surface area contributed by atoms with Gasteiger partial charge in [0.25, 0.3) is 5.56 Å². The highest BCUT2D eigenvalue weighted by Crippen LogP contribution is 2.22. The van der Waals surface area contributed by atoms with Gasteiger partial charge in [0.05, 0.1) is 21.7 Å². The molecule has 7 heteroatoms. The van der Waals surface area contributed by atoms with Crippen LogP contribution in [0.4, 0.5) is 5.69 Å². The van der Waals surface area contributed by atoms with E-state index < -0.39 is 0 Å². The molecule has 2 aromatic heterocycles. The lowest BCUT2D eigenvalue weighted by Gasteiger charge is -2.10. The highest BCUT2D eigenvalue weighted by molar-refractivity contribution is 8.00. The number of benzene rings is 1. The Hall–Kier alpha value is -2.80. The molecule has 0 radical (unpaired) electrons. The zero-order valence-corrected chi connectivity index (χ0v) is 15.7. The molecule has 0 spiro atoms. The van der Waals surface area contributed by atoms with Gasteiger partial charge in [0.1, 0.15) is 5.69 Å². The Labute approximate surface area is 155 Å². The lowest BCUT2D eigenvalue weighted by molar-refractivity contribution is -0.115. The minimum atomic E-state index is -0.380. The summed E-state index contributed by atoms with van der Waals surface area (Å²) in [5.41, 5.74) is 1.50. The molecule has 0 bridgehead atoms. The number of para-hydroxylation sites is 1. The summed E-state index contributed by atoms with van der Waals surface area (Å²) in [4.78, 5) is 29.6. The smallest absolute Gasteiger partial charge is 0.295 e. The van der Waals surface area contributed by atoms with Crippen LogP contribution in [-0.2, 0) is 11.8 Å². The monoisotopic (exact) mass is 368 g/mol. The molecule has 3 rings (SSSR count). The van der Waals surface area contributed by atoms with Gasteiger partial charge in [0.2, 0.25) is 5.91 Å². The molecule has 26 heavy (non-hydrogen) atoms. The maximum atomic E-state index is 12.8. The number of anilines is 1. The van der Waals surface area contributed by atoms with Crippen molar-refractivity contribution >= 4 is 23.4 Å². The van der Waals surface area contributed by atoms with Gasteiger partial charge in [-0.25, -0.2) is 9.67 Å². The van der Waals surface area contributed by atoms with Gasteiger partial charge in [-0.15, -0.1) is 0 Å². The molecular formula is C19H20N4O2S. The number of nitrogens with zero attached hydrogens (tertiary/aromatic N) is 3. The van der Waals surface area contributed by atoms with Gasteiger partial charge in [-0.1, -0.05) is 36.0 Å². The molecule has 0 saturated heterocycles. The third kappa shape index (κ3) is 3.57. The number of hydrogen-bond donors (Lipinski definition) is 1. The van der Waals surface area contributed by atoms with Crippen molar-refractivity contribution in [1.29, 1.82) is 0 Å². The molecular weight excluding hydrogens is 348 g/mol. The van der Waals surface area contributed by atoms with Gasteiger partial charge in [-0.05, 0) is 38.1 Å². The van der Waals surface area contributed by atoms with Crippen molar-refractivity contribution in [3.63, 3.8) is 0 Å². The van der Waals surface area contributed by atoms with Crippen LogP contribution in [-0.4, -0.2) is 25.5 Å². The minimum Gasteiger partial charge on any atom is -0.319 e. The van der Waals surface area contributed by atoms with Crippen LogP contribution in [0.25, 0.3) is 5.69 Å². The standard InChI is InChI=1S/C19H20N4O2S/c1-13-17(19(25)23(22(13)3)15-9-5-4-6-10-15)21-18(24)14(2)26-16-11-7-8-12-20-16/h4-12,14H,1-3H3,(H,21,24)/t14-/m1/s1. The van der Waals surface area contributed by atoms with E-state index >= 15 is 0 Å². The summed E-state index contributed by atoms with van der Waals surface area (Å²) in [5.74, 6) is -0.230. The van der Waals surface area contributed by atoms with Gasteiger partial charge in [0.15, 0.2) is 0 Å². The Kier molecular flexibility index (Phi) is 5.27.